The van der Waals surface area contributed by atoms with Crippen LogP contribution in [-0.4, -0.2) is 43.6 Å². The molecule has 35 heavy (non-hydrogen) atoms. The number of piperidine rings is 1. The second-order valence-electron chi connectivity index (χ2n) is 9.26. The molecule has 4 heterocycles. The number of para-hydroxylation sites is 1. The standard InChI is InChI=1S/C27H29ClN6O/c1-19-12-20(9-10-29-19)14-34(16-21-15-32(2)24-8-4-3-7-23(24)27(21)35)22-6-5-11-33(17-22)26-13-25(28)30-18-31-26/h3-4,7-10,12-13,15,18,22H,5-6,11,14,16-17H2,1-2H3. The fourth-order valence-electron chi connectivity index (χ4n) is 5.05. The van der Waals surface area contributed by atoms with E-state index in [9.17, 15) is 4.79 Å². The van der Waals surface area contributed by atoms with E-state index in [-0.39, 0.29) is 11.5 Å². The first-order valence-electron chi connectivity index (χ1n) is 11.9. The molecule has 3 aromatic heterocycles. The summed E-state index contributed by atoms with van der Waals surface area (Å²) in [6.07, 6.45) is 7.44. The van der Waals surface area contributed by atoms with Crippen LogP contribution in [0.3, 0.4) is 0 Å². The summed E-state index contributed by atoms with van der Waals surface area (Å²) in [5.74, 6) is 0.844. The van der Waals surface area contributed by atoms with Crippen LogP contribution in [0.15, 0.2) is 66.0 Å². The van der Waals surface area contributed by atoms with Crippen LogP contribution in [0, 0.1) is 6.92 Å². The molecule has 1 aliphatic heterocycles. The van der Waals surface area contributed by atoms with Crippen LogP contribution >= 0.6 is 11.6 Å². The lowest BCUT2D eigenvalue weighted by Gasteiger charge is -2.40. The van der Waals surface area contributed by atoms with Crippen molar-refractivity contribution in [2.24, 2.45) is 7.05 Å². The second-order valence-corrected chi connectivity index (χ2v) is 9.65. The van der Waals surface area contributed by atoms with Crippen LogP contribution in [0.25, 0.3) is 10.9 Å². The number of aromatic nitrogens is 4. The van der Waals surface area contributed by atoms with Crippen molar-refractivity contribution in [1.82, 2.24) is 24.4 Å². The largest absolute Gasteiger partial charge is 0.355 e. The molecule has 1 saturated heterocycles. The van der Waals surface area contributed by atoms with Gasteiger partial charge in [-0.05, 0) is 49.6 Å². The van der Waals surface area contributed by atoms with Crippen molar-refractivity contribution in [3.8, 4) is 0 Å². The zero-order valence-corrected chi connectivity index (χ0v) is 20.8. The van der Waals surface area contributed by atoms with Crippen LogP contribution in [0.5, 0.6) is 0 Å². The number of anilines is 1. The molecule has 0 saturated carbocycles. The summed E-state index contributed by atoms with van der Waals surface area (Å²) in [5.41, 5.74) is 4.04. The fourth-order valence-corrected chi connectivity index (χ4v) is 5.19. The van der Waals surface area contributed by atoms with Gasteiger partial charge in [0, 0.05) is 74.4 Å². The van der Waals surface area contributed by atoms with Crippen molar-refractivity contribution in [2.45, 2.75) is 38.9 Å². The molecule has 1 fully saturated rings. The predicted octanol–water partition coefficient (Wildman–Crippen LogP) is 4.36. The molecule has 1 atom stereocenters. The van der Waals surface area contributed by atoms with E-state index in [1.807, 2.05) is 56.7 Å². The molecular formula is C27H29ClN6O. The number of pyridine rings is 2. The number of halogens is 1. The van der Waals surface area contributed by atoms with E-state index in [0.29, 0.717) is 11.7 Å². The first kappa shape index (κ1) is 23.5. The highest BCUT2D eigenvalue weighted by Gasteiger charge is 2.27. The average molecular weight is 489 g/mol. The van der Waals surface area contributed by atoms with Crippen molar-refractivity contribution in [3.05, 3.63) is 93.4 Å². The minimum Gasteiger partial charge on any atom is -0.355 e. The minimum atomic E-state index is 0.102. The maximum Gasteiger partial charge on any atom is 0.193 e. The Morgan fingerprint density at radius 3 is 2.80 bits per heavy atom. The van der Waals surface area contributed by atoms with Gasteiger partial charge in [-0.2, -0.15) is 0 Å². The number of fused-ring (bicyclic) bond motifs is 1. The van der Waals surface area contributed by atoms with Crippen molar-refractivity contribution in [1.29, 1.82) is 0 Å². The second kappa shape index (κ2) is 10.1. The van der Waals surface area contributed by atoms with Crippen molar-refractivity contribution in [3.63, 3.8) is 0 Å². The molecule has 0 radical (unpaired) electrons. The number of aryl methyl sites for hydroxylation is 2. The third-order valence-electron chi connectivity index (χ3n) is 6.75. The van der Waals surface area contributed by atoms with E-state index < -0.39 is 0 Å². The number of hydrogen-bond donors (Lipinski definition) is 0. The van der Waals surface area contributed by atoms with Gasteiger partial charge in [-0.3, -0.25) is 14.7 Å². The highest BCUT2D eigenvalue weighted by molar-refractivity contribution is 6.29. The number of benzene rings is 1. The van der Waals surface area contributed by atoms with Gasteiger partial charge in [0.25, 0.3) is 0 Å². The van der Waals surface area contributed by atoms with E-state index in [1.165, 1.54) is 11.9 Å². The van der Waals surface area contributed by atoms with Gasteiger partial charge in [0.05, 0.1) is 5.52 Å². The van der Waals surface area contributed by atoms with Gasteiger partial charge >= 0.3 is 0 Å². The minimum absolute atomic E-state index is 0.102. The summed E-state index contributed by atoms with van der Waals surface area (Å²) >= 11 is 6.14. The fraction of sp³-hybridized carbons (Fsp3) is 0.333. The van der Waals surface area contributed by atoms with E-state index in [1.54, 1.807) is 0 Å². The molecule has 0 aliphatic carbocycles. The molecule has 1 unspecified atom stereocenters. The molecule has 8 heteroatoms. The summed E-state index contributed by atoms with van der Waals surface area (Å²) < 4.78 is 2.05. The molecule has 1 aromatic carbocycles. The van der Waals surface area contributed by atoms with Gasteiger partial charge in [0.2, 0.25) is 0 Å². The highest BCUT2D eigenvalue weighted by atomic mass is 35.5. The van der Waals surface area contributed by atoms with Gasteiger partial charge in [-0.25, -0.2) is 9.97 Å². The normalized spacial score (nSPS) is 16.2. The van der Waals surface area contributed by atoms with Crippen LogP contribution in [-0.2, 0) is 20.1 Å². The SMILES string of the molecule is Cc1cc(CN(Cc2cn(C)c3ccccc3c2=O)C2CCCN(c3cc(Cl)ncn3)C2)ccn1. The third kappa shape index (κ3) is 5.21. The van der Waals surface area contributed by atoms with E-state index in [2.05, 4.69) is 41.5 Å². The van der Waals surface area contributed by atoms with Crippen LogP contribution < -0.4 is 10.3 Å². The maximum absolute atomic E-state index is 13.4. The molecule has 0 spiro atoms. The number of hydrogen-bond acceptors (Lipinski definition) is 6. The van der Waals surface area contributed by atoms with Crippen LogP contribution in [0.4, 0.5) is 5.82 Å². The Morgan fingerprint density at radius 2 is 1.97 bits per heavy atom. The summed E-state index contributed by atoms with van der Waals surface area (Å²) in [7, 11) is 2.00. The van der Waals surface area contributed by atoms with E-state index in [0.717, 1.165) is 60.5 Å². The van der Waals surface area contributed by atoms with Gasteiger partial charge in [0.1, 0.15) is 17.3 Å². The summed E-state index contributed by atoms with van der Waals surface area (Å²) in [4.78, 5) is 31.0. The summed E-state index contributed by atoms with van der Waals surface area (Å²) in [5, 5.41) is 1.20. The Hall–Kier alpha value is -3.29. The zero-order valence-electron chi connectivity index (χ0n) is 20.1. The molecule has 5 rings (SSSR count). The first-order chi connectivity index (χ1) is 17.0. The van der Waals surface area contributed by atoms with E-state index in [4.69, 9.17) is 11.6 Å². The monoisotopic (exact) mass is 488 g/mol. The molecular weight excluding hydrogens is 460 g/mol. The molecule has 1 aliphatic rings. The molecule has 0 N–H and O–H groups in total. The lowest BCUT2D eigenvalue weighted by atomic mass is 10.0. The van der Waals surface area contributed by atoms with E-state index >= 15 is 0 Å². The smallest absolute Gasteiger partial charge is 0.193 e. The lowest BCUT2D eigenvalue weighted by Crippen LogP contribution is -2.48. The highest BCUT2D eigenvalue weighted by Crippen LogP contribution is 2.25. The van der Waals surface area contributed by atoms with Gasteiger partial charge < -0.3 is 9.47 Å². The topological polar surface area (TPSA) is 67.2 Å². The average Bonchev–Trinajstić information content (AvgIpc) is 2.87. The Balaban J connectivity index is 1.48. The van der Waals surface area contributed by atoms with Gasteiger partial charge in [-0.15, -0.1) is 0 Å². The number of nitrogens with zero attached hydrogens (tertiary/aromatic N) is 6. The number of rotatable bonds is 6. The molecule has 0 amide bonds. The van der Waals surface area contributed by atoms with Crippen molar-refractivity contribution < 1.29 is 0 Å². The molecule has 4 aromatic rings. The molecule has 0 bridgehead atoms. The van der Waals surface area contributed by atoms with Crippen LogP contribution in [0.1, 0.15) is 29.7 Å². The Labute approximate surface area is 210 Å². The first-order valence-corrected chi connectivity index (χ1v) is 12.3. The Kier molecular flexibility index (Phi) is 6.79. The van der Waals surface area contributed by atoms with Gasteiger partial charge in [0.15, 0.2) is 5.43 Å². The zero-order chi connectivity index (χ0) is 24.4. The summed E-state index contributed by atoms with van der Waals surface area (Å²) in [6.45, 7) is 5.05. The maximum atomic E-state index is 13.4. The lowest BCUT2D eigenvalue weighted by molar-refractivity contribution is 0.158. The van der Waals surface area contributed by atoms with Gasteiger partial charge in [-0.1, -0.05) is 23.7 Å². The quantitative estimate of drug-likeness (QED) is 0.376. The predicted molar refractivity (Wildman–Crippen MR) is 140 cm³/mol. The third-order valence-corrected chi connectivity index (χ3v) is 6.95. The van der Waals surface area contributed by atoms with Crippen molar-refractivity contribution >= 4 is 28.3 Å². The molecule has 180 valence electrons. The van der Waals surface area contributed by atoms with Crippen LogP contribution in [0.2, 0.25) is 5.15 Å². The summed E-state index contributed by atoms with van der Waals surface area (Å²) in [6, 6.07) is 14.1. The molecule has 7 nitrogen and oxygen atoms in total. The Morgan fingerprint density at radius 1 is 1.11 bits per heavy atom. The van der Waals surface area contributed by atoms with Crippen molar-refractivity contribution in [2.75, 3.05) is 18.0 Å². The Bertz CT molecular complexity index is 1400.